The van der Waals surface area contributed by atoms with Crippen LogP contribution < -0.4 is 5.32 Å². The van der Waals surface area contributed by atoms with Gasteiger partial charge in [0, 0.05) is 50.1 Å². The average molecular weight is 328 g/mol. The van der Waals surface area contributed by atoms with E-state index in [0.29, 0.717) is 6.04 Å². The number of rotatable bonds is 4. The molecule has 0 amide bonds. The molecule has 1 aliphatic rings. The molecule has 116 valence electrons. The summed E-state index contributed by atoms with van der Waals surface area (Å²) in [4.78, 5) is 12.9. The molecule has 21 heavy (non-hydrogen) atoms. The summed E-state index contributed by atoms with van der Waals surface area (Å²) >= 11 is 1.83. The third-order valence-electron chi connectivity index (χ3n) is 3.80. The van der Waals surface area contributed by atoms with Gasteiger partial charge in [0.2, 0.25) is 0 Å². The number of halogens is 1. The van der Waals surface area contributed by atoms with Gasteiger partial charge >= 0.3 is 0 Å². The van der Waals surface area contributed by atoms with Crippen LogP contribution in [0.25, 0.3) is 0 Å². The zero-order valence-electron chi connectivity index (χ0n) is 12.5. The fourth-order valence-electron chi connectivity index (χ4n) is 2.65. The highest BCUT2D eigenvalue weighted by molar-refractivity contribution is 7.11. The highest BCUT2D eigenvalue weighted by atomic mass is 35.5. The van der Waals surface area contributed by atoms with Gasteiger partial charge in [0.1, 0.15) is 10.8 Å². The van der Waals surface area contributed by atoms with E-state index in [4.69, 9.17) is 0 Å². The molecule has 0 aromatic carbocycles. The van der Waals surface area contributed by atoms with Crippen molar-refractivity contribution in [1.82, 2.24) is 24.8 Å². The first kappa shape index (κ1) is 16.4. The van der Waals surface area contributed by atoms with E-state index in [9.17, 15) is 0 Å². The van der Waals surface area contributed by atoms with Crippen molar-refractivity contribution in [2.24, 2.45) is 7.05 Å². The molecule has 0 spiro atoms. The molecule has 0 aliphatic carbocycles. The molecule has 5 nitrogen and oxygen atoms in total. The Balaban J connectivity index is 0.00000161. The highest BCUT2D eigenvalue weighted by Crippen LogP contribution is 2.24. The number of hydrogen-bond donors (Lipinski definition) is 1. The predicted molar refractivity (Wildman–Crippen MR) is 88.0 cm³/mol. The van der Waals surface area contributed by atoms with Gasteiger partial charge in [-0.1, -0.05) is 6.92 Å². The molecule has 0 saturated carbocycles. The largest absolute Gasteiger partial charge is 0.337 e. The Labute approximate surface area is 135 Å². The lowest BCUT2D eigenvalue weighted by Gasteiger charge is -2.35. The van der Waals surface area contributed by atoms with Crippen molar-refractivity contribution in [3.8, 4) is 0 Å². The maximum Gasteiger partial charge on any atom is 0.127 e. The van der Waals surface area contributed by atoms with Gasteiger partial charge in [0.25, 0.3) is 0 Å². The molecule has 7 heteroatoms. The van der Waals surface area contributed by atoms with Gasteiger partial charge in [-0.15, -0.1) is 23.7 Å². The van der Waals surface area contributed by atoms with E-state index in [-0.39, 0.29) is 12.4 Å². The van der Waals surface area contributed by atoms with E-state index in [1.165, 1.54) is 9.88 Å². The Hall–Kier alpha value is -0.950. The summed E-state index contributed by atoms with van der Waals surface area (Å²) in [5.41, 5.74) is 0. The third kappa shape index (κ3) is 3.63. The quantitative estimate of drug-likeness (QED) is 0.933. The van der Waals surface area contributed by atoms with Gasteiger partial charge in [-0.3, -0.25) is 4.90 Å². The van der Waals surface area contributed by atoms with Gasteiger partial charge in [0.15, 0.2) is 0 Å². The zero-order valence-corrected chi connectivity index (χ0v) is 14.1. The van der Waals surface area contributed by atoms with Crippen molar-refractivity contribution in [1.29, 1.82) is 0 Å². The Morgan fingerprint density at radius 1 is 1.43 bits per heavy atom. The van der Waals surface area contributed by atoms with Crippen molar-refractivity contribution in [3.63, 3.8) is 0 Å². The lowest BCUT2D eigenvalue weighted by Crippen LogP contribution is -2.46. The Bertz CT molecular complexity index is 567. The zero-order chi connectivity index (χ0) is 13.9. The smallest absolute Gasteiger partial charge is 0.127 e. The van der Waals surface area contributed by atoms with E-state index in [1.54, 1.807) is 0 Å². The van der Waals surface area contributed by atoms with Crippen LogP contribution >= 0.6 is 23.7 Å². The molecule has 1 fully saturated rings. The topological polar surface area (TPSA) is 46.0 Å². The summed E-state index contributed by atoms with van der Waals surface area (Å²) in [7, 11) is 2.06. The maximum absolute atomic E-state index is 4.55. The molecular formula is C14H22ClN5S. The molecule has 1 N–H and O–H groups in total. The Kier molecular flexibility index (Phi) is 5.75. The molecule has 3 rings (SSSR count). The maximum atomic E-state index is 4.55. The van der Waals surface area contributed by atoms with Crippen molar-refractivity contribution < 1.29 is 0 Å². The third-order valence-corrected chi connectivity index (χ3v) is 4.93. The van der Waals surface area contributed by atoms with E-state index in [0.717, 1.165) is 38.4 Å². The highest BCUT2D eigenvalue weighted by Gasteiger charge is 2.27. The first-order valence-corrected chi connectivity index (χ1v) is 7.95. The standard InChI is InChI=1S/C14H21N5S.ClH/c1-3-11-8-17-13(20-11)10-19-7-4-15-9-12(19)14-16-5-6-18(14)2;/h5-6,8,12,15H,3-4,7,9-10H2,1-2H3;1H. The van der Waals surface area contributed by atoms with Crippen LogP contribution in [0.5, 0.6) is 0 Å². The minimum atomic E-state index is 0. The van der Waals surface area contributed by atoms with Crippen molar-refractivity contribution in [2.75, 3.05) is 19.6 Å². The van der Waals surface area contributed by atoms with Gasteiger partial charge in [-0.25, -0.2) is 9.97 Å². The number of aryl methyl sites for hydroxylation is 2. The number of nitrogens with one attached hydrogen (secondary N) is 1. The van der Waals surface area contributed by atoms with E-state index in [1.807, 2.05) is 29.9 Å². The second-order valence-electron chi connectivity index (χ2n) is 5.16. The number of imidazole rings is 1. The molecule has 2 aromatic rings. The molecule has 1 saturated heterocycles. The van der Waals surface area contributed by atoms with Crippen LogP contribution in [-0.2, 0) is 20.0 Å². The molecule has 0 radical (unpaired) electrons. The van der Waals surface area contributed by atoms with E-state index >= 15 is 0 Å². The monoisotopic (exact) mass is 327 g/mol. The van der Waals surface area contributed by atoms with Gasteiger partial charge in [0.05, 0.1) is 12.6 Å². The molecule has 1 unspecified atom stereocenters. The van der Waals surface area contributed by atoms with Crippen LogP contribution in [0.2, 0.25) is 0 Å². The Morgan fingerprint density at radius 2 is 2.29 bits per heavy atom. The minimum absolute atomic E-state index is 0. The minimum Gasteiger partial charge on any atom is -0.337 e. The summed E-state index contributed by atoms with van der Waals surface area (Å²) in [6, 6.07) is 0.331. The number of aromatic nitrogens is 3. The lowest BCUT2D eigenvalue weighted by molar-refractivity contribution is 0.144. The molecule has 2 aromatic heterocycles. The molecular weight excluding hydrogens is 306 g/mol. The predicted octanol–water partition coefficient (Wildman–Crippen LogP) is 2.01. The molecule has 0 bridgehead atoms. The van der Waals surface area contributed by atoms with Crippen molar-refractivity contribution in [3.05, 3.63) is 34.3 Å². The van der Waals surface area contributed by atoms with Crippen molar-refractivity contribution >= 4 is 23.7 Å². The van der Waals surface area contributed by atoms with Gasteiger partial charge in [-0.05, 0) is 6.42 Å². The Morgan fingerprint density at radius 3 is 2.95 bits per heavy atom. The van der Waals surface area contributed by atoms with Crippen LogP contribution in [0.1, 0.15) is 28.7 Å². The number of nitrogens with zero attached hydrogens (tertiary/aromatic N) is 4. The van der Waals surface area contributed by atoms with E-state index in [2.05, 4.69) is 38.7 Å². The normalized spacial score (nSPS) is 19.4. The molecule has 1 aliphatic heterocycles. The lowest BCUT2D eigenvalue weighted by atomic mass is 10.2. The average Bonchev–Trinajstić information content (AvgIpc) is 3.08. The summed E-state index contributed by atoms with van der Waals surface area (Å²) in [6.45, 7) is 6.13. The van der Waals surface area contributed by atoms with Gasteiger partial charge < -0.3 is 9.88 Å². The SMILES string of the molecule is CCc1cnc(CN2CCNCC2c2nccn2C)s1.Cl. The number of thiazole rings is 1. The van der Waals surface area contributed by atoms with Crippen LogP contribution in [0.3, 0.4) is 0 Å². The summed E-state index contributed by atoms with van der Waals surface area (Å²) in [5, 5.41) is 4.68. The first-order valence-electron chi connectivity index (χ1n) is 7.13. The molecule has 1 atom stereocenters. The van der Waals surface area contributed by atoms with Crippen LogP contribution in [0.4, 0.5) is 0 Å². The van der Waals surface area contributed by atoms with Crippen LogP contribution in [0, 0.1) is 0 Å². The van der Waals surface area contributed by atoms with Crippen LogP contribution in [0.15, 0.2) is 18.6 Å². The first-order chi connectivity index (χ1) is 9.78. The number of piperazine rings is 1. The van der Waals surface area contributed by atoms with Crippen molar-refractivity contribution in [2.45, 2.75) is 25.9 Å². The fourth-order valence-corrected chi connectivity index (χ4v) is 3.53. The van der Waals surface area contributed by atoms with Gasteiger partial charge in [-0.2, -0.15) is 0 Å². The van der Waals surface area contributed by atoms with Crippen LogP contribution in [-0.4, -0.2) is 39.1 Å². The fraction of sp³-hybridized carbons (Fsp3) is 0.571. The second-order valence-corrected chi connectivity index (χ2v) is 6.36. The number of hydrogen-bond acceptors (Lipinski definition) is 5. The summed E-state index contributed by atoms with van der Waals surface area (Å²) in [5.74, 6) is 1.13. The van der Waals surface area contributed by atoms with E-state index < -0.39 is 0 Å². The summed E-state index contributed by atoms with van der Waals surface area (Å²) < 4.78 is 2.12. The second kappa shape index (κ2) is 7.35. The summed E-state index contributed by atoms with van der Waals surface area (Å²) in [6.07, 6.45) is 6.97. The molecule has 3 heterocycles.